The Morgan fingerprint density at radius 2 is 1.88 bits per heavy atom. The molecule has 1 heterocycles. The summed E-state index contributed by atoms with van der Waals surface area (Å²) < 4.78 is 0. The molecule has 2 rings (SSSR count). The van der Waals surface area contributed by atoms with E-state index in [1.165, 1.54) is 16.1 Å². The third-order valence-corrected chi connectivity index (χ3v) is 3.36. The number of nitrogens with one attached hydrogen (secondary N) is 1. The molecule has 0 unspecified atom stereocenters. The quantitative estimate of drug-likeness (QED) is 0.876. The number of hydrogen-bond acceptors (Lipinski definition) is 3. The molecule has 0 saturated heterocycles. The molecule has 0 fully saturated rings. The standard InChI is InChI=1S/C14H18N2S/c1-11(2)16-10-13-5-3-12(4-6-13)9-14-15-7-8-17-14/h3-8,11,16H,9-10H2,1-2H3. The van der Waals surface area contributed by atoms with Gasteiger partial charge in [0.2, 0.25) is 0 Å². The molecule has 0 radical (unpaired) electrons. The van der Waals surface area contributed by atoms with Gasteiger partial charge in [0.25, 0.3) is 0 Å². The molecular weight excluding hydrogens is 228 g/mol. The van der Waals surface area contributed by atoms with Crippen LogP contribution in [0.4, 0.5) is 0 Å². The average molecular weight is 246 g/mol. The zero-order valence-corrected chi connectivity index (χ0v) is 11.1. The lowest BCUT2D eigenvalue weighted by Gasteiger charge is -2.08. The highest BCUT2D eigenvalue weighted by Gasteiger charge is 1.99. The lowest BCUT2D eigenvalue weighted by Crippen LogP contribution is -2.21. The smallest absolute Gasteiger partial charge is 0.0968 e. The zero-order valence-electron chi connectivity index (χ0n) is 10.3. The first-order valence-corrected chi connectivity index (χ1v) is 6.81. The maximum Gasteiger partial charge on any atom is 0.0968 e. The third-order valence-electron chi connectivity index (χ3n) is 2.58. The third kappa shape index (κ3) is 3.95. The number of nitrogens with zero attached hydrogens (tertiary/aromatic N) is 1. The molecule has 1 aromatic heterocycles. The van der Waals surface area contributed by atoms with E-state index < -0.39 is 0 Å². The van der Waals surface area contributed by atoms with Crippen molar-refractivity contribution in [2.45, 2.75) is 32.9 Å². The van der Waals surface area contributed by atoms with Crippen LogP contribution in [0.15, 0.2) is 35.8 Å². The number of rotatable bonds is 5. The molecule has 1 N–H and O–H groups in total. The summed E-state index contributed by atoms with van der Waals surface area (Å²) in [5, 5.41) is 6.62. The van der Waals surface area contributed by atoms with Gasteiger partial charge in [0.1, 0.15) is 0 Å². The van der Waals surface area contributed by atoms with Crippen molar-refractivity contribution >= 4 is 11.3 Å². The van der Waals surface area contributed by atoms with Crippen LogP contribution in [-0.2, 0) is 13.0 Å². The number of hydrogen-bond donors (Lipinski definition) is 1. The minimum Gasteiger partial charge on any atom is -0.310 e. The first kappa shape index (κ1) is 12.3. The number of benzene rings is 1. The summed E-state index contributed by atoms with van der Waals surface area (Å²) in [7, 11) is 0. The van der Waals surface area contributed by atoms with Crippen LogP contribution >= 0.6 is 11.3 Å². The molecule has 0 atom stereocenters. The van der Waals surface area contributed by atoms with E-state index >= 15 is 0 Å². The molecule has 3 heteroatoms. The van der Waals surface area contributed by atoms with E-state index in [1.807, 2.05) is 11.6 Å². The van der Waals surface area contributed by atoms with Gasteiger partial charge in [-0.1, -0.05) is 38.1 Å². The van der Waals surface area contributed by atoms with Crippen molar-refractivity contribution in [3.8, 4) is 0 Å². The van der Waals surface area contributed by atoms with Gasteiger partial charge in [0.15, 0.2) is 0 Å². The average Bonchev–Trinajstić information content (AvgIpc) is 2.81. The predicted molar refractivity (Wildman–Crippen MR) is 73.3 cm³/mol. The Labute approximate surface area is 107 Å². The first-order valence-electron chi connectivity index (χ1n) is 5.93. The van der Waals surface area contributed by atoms with Crippen molar-refractivity contribution in [2.75, 3.05) is 0 Å². The van der Waals surface area contributed by atoms with E-state index in [2.05, 4.69) is 48.4 Å². The topological polar surface area (TPSA) is 24.9 Å². The zero-order chi connectivity index (χ0) is 12.1. The predicted octanol–water partition coefficient (Wildman–Crippen LogP) is 3.23. The van der Waals surface area contributed by atoms with Gasteiger partial charge in [-0.25, -0.2) is 4.98 Å². The van der Waals surface area contributed by atoms with Crippen LogP contribution in [0.3, 0.4) is 0 Å². The Balaban J connectivity index is 1.93. The summed E-state index contributed by atoms with van der Waals surface area (Å²) in [6, 6.07) is 9.30. The molecule has 0 aliphatic heterocycles. The molecule has 2 aromatic rings. The van der Waals surface area contributed by atoms with Gasteiger partial charge in [-0.05, 0) is 11.1 Å². The van der Waals surface area contributed by atoms with Crippen molar-refractivity contribution in [3.63, 3.8) is 0 Å². The number of aromatic nitrogens is 1. The summed E-state index contributed by atoms with van der Waals surface area (Å²) in [6.45, 7) is 5.27. The summed E-state index contributed by atoms with van der Waals surface area (Å²) in [6.07, 6.45) is 2.80. The van der Waals surface area contributed by atoms with Crippen molar-refractivity contribution in [1.82, 2.24) is 10.3 Å². The normalized spacial score (nSPS) is 11.0. The minimum absolute atomic E-state index is 0.532. The van der Waals surface area contributed by atoms with E-state index in [9.17, 15) is 0 Å². The Morgan fingerprint density at radius 3 is 2.47 bits per heavy atom. The molecule has 90 valence electrons. The second kappa shape index (κ2) is 5.94. The molecule has 1 aromatic carbocycles. The number of thiazole rings is 1. The fourth-order valence-electron chi connectivity index (χ4n) is 1.61. The minimum atomic E-state index is 0.532. The summed E-state index contributed by atoms with van der Waals surface area (Å²) in [5.41, 5.74) is 2.66. The Hall–Kier alpha value is -1.19. The Kier molecular flexibility index (Phi) is 4.29. The van der Waals surface area contributed by atoms with Crippen LogP contribution in [0.25, 0.3) is 0 Å². The van der Waals surface area contributed by atoms with Gasteiger partial charge in [-0.3, -0.25) is 0 Å². The van der Waals surface area contributed by atoms with Crippen LogP contribution in [0.2, 0.25) is 0 Å². The van der Waals surface area contributed by atoms with Gasteiger partial charge in [0.05, 0.1) is 5.01 Å². The highest BCUT2D eigenvalue weighted by molar-refractivity contribution is 7.09. The molecule has 0 amide bonds. The second-order valence-electron chi connectivity index (χ2n) is 4.45. The van der Waals surface area contributed by atoms with Crippen molar-refractivity contribution < 1.29 is 0 Å². The first-order chi connectivity index (χ1) is 8.24. The lowest BCUT2D eigenvalue weighted by molar-refractivity contribution is 0.589. The highest BCUT2D eigenvalue weighted by atomic mass is 32.1. The molecule has 0 saturated carbocycles. The van der Waals surface area contributed by atoms with E-state index in [0.29, 0.717) is 6.04 Å². The second-order valence-corrected chi connectivity index (χ2v) is 5.43. The van der Waals surface area contributed by atoms with Gasteiger partial charge < -0.3 is 5.32 Å². The van der Waals surface area contributed by atoms with Gasteiger partial charge in [0, 0.05) is 30.6 Å². The van der Waals surface area contributed by atoms with E-state index in [-0.39, 0.29) is 0 Å². The van der Waals surface area contributed by atoms with E-state index in [0.717, 1.165) is 13.0 Å². The largest absolute Gasteiger partial charge is 0.310 e. The van der Waals surface area contributed by atoms with Crippen molar-refractivity contribution in [1.29, 1.82) is 0 Å². The van der Waals surface area contributed by atoms with Crippen molar-refractivity contribution in [2.24, 2.45) is 0 Å². The summed E-state index contributed by atoms with van der Waals surface area (Å²) in [5.74, 6) is 0. The molecule has 0 aliphatic rings. The summed E-state index contributed by atoms with van der Waals surface area (Å²) >= 11 is 1.71. The molecule has 0 aliphatic carbocycles. The van der Waals surface area contributed by atoms with Crippen molar-refractivity contribution in [3.05, 3.63) is 52.0 Å². The monoisotopic (exact) mass is 246 g/mol. The Bertz CT molecular complexity index is 432. The van der Waals surface area contributed by atoms with E-state index in [1.54, 1.807) is 11.3 Å². The lowest BCUT2D eigenvalue weighted by atomic mass is 10.1. The fraction of sp³-hybridized carbons (Fsp3) is 0.357. The highest BCUT2D eigenvalue weighted by Crippen LogP contribution is 2.12. The van der Waals surface area contributed by atoms with Crippen LogP contribution in [0.1, 0.15) is 30.0 Å². The van der Waals surface area contributed by atoms with Gasteiger partial charge >= 0.3 is 0 Å². The maximum absolute atomic E-state index is 4.30. The van der Waals surface area contributed by atoms with Gasteiger partial charge in [-0.15, -0.1) is 11.3 Å². The van der Waals surface area contributed by atoms with Gasteiger partial charge in [-0.2, -0.15) is 0 Å². The van der Waals surface area contributed by atoms with Crippen LogP contribution in [0.5, 0.6) is 0 Å². The maximum atomic E-state index is 4.30. The SMILES string of the molecule is CC(C)NCc1ccc(Cc2nccs2)cc1. The Morgan fingerprint density at radius 1 is 1.18 bits per heavy atom. The molecule has 17 heavy (non-hydrogen) atoms. The van der Waals surface area contributed by atoms with E-state index in [4.69, 9.17) is 0 Å². The molecule has 0 spiro atoms. The van der Waals surface area contributed by atoms with Crippen LogP contribution in [-0.4, -0.2) is 11.0 Å². The van der Waals surface area contributed by atoms with Crippen LogP contribution < -0.4 is 5.32 Å². The molecule has 2 nitrogen and oxygen atoms in total. The van der Waals surface area contributed by atoms with Crippen LogP contribution in [0, 0.1) is 0 Å². The summed E-state index contributed by atoms with van der Waals surface area (Å²) in [4.78, 5) is 4.30. The molecule has 0 bridgehead atoms. The fourth-order valence-corrected chi connectivity index (χ4v) is 2.26. The molecular formula is C14H18N2S.